The summed E-state index contributed by atoms with van der Waals surface area (Å²) in [5, 5.41) is 12.7. The van der Waals surface area contributed by atoms with E-state index in [-0.39, 0.29) is 17.7 Å². The van der Waals surface area contributed by atoms with E-state index in [0.717, 1.165) is 9.79 Å². The lowest BCUT2D eigenvalue weighted by molar-refractivity contribution is -0.121. The summed E-state index contributed by atoms with van der Waals surface area (Å²) in [7, 11) is 0. The number of likely N-dealkylation sites (tertiary alicyclic amines) is 1. The van der Waals surface area contributed by atoms with E-state index >= 15 is 0 Å². The number of anilines is 1. The second-order valence-corrected chi connectivity index (χ2v) is 9.14. The molecule has 166 valence electrons. The smallest absolute Gasteiger partial charge is 0.255 e. The fourth-order valence-electron chi connectivity index (χ4n) is 3.69. The third-order valence-corrected chi connectivity index (χ3v) is 6.85. The maximum absolute atomic E-state index is 13.3. The number of carbonyl (C=O) groups excluding carboxylic acids is 2. The maximum Gasteiger partial charge on any atom is 0.255 e. The van der Waals surface area contributed by atoms with E-state index in [4.69, 9.17) is 11.6 Å². The summed E-state index contributed by atoms with van der Waals surface area (Å²) in [5.41, 5.74) is 1.18. The Labute approximate surface area is 201 Å². The highest BCUT2D eigenvalue weighted by atomic mass is 35.5. The van der Waals surface area contributed by atoms with Gasteiger partial charge in [0.2, 0.25) is 5.91 Å². The van der Waals surface area contributed by atoms with Gasteiger partial charge in [0, 0.05) is 35.0 Å². The van der Waals surface area contributed by atoms with Crippen LogP contribution in [0.5, 0.6) is 0 Å². The molecule has 1 saturated heterocycles. The van der Waals surface area contributed by atoms with Gasteiger partial charge in [-0.3, -0.25) is 9.59 Å². The highest BCUT2D eigenvalue weighted by Gasteiger charge is 2.29. The molecular formula is C25H21ClN4O2S. The summed E-state index contributed by atoms with van der Waals surface area (Å²) in [4.78, 5) is 33.4. The van der Waals surface area contributed by atoms with E-state index in [1.54, 1.807) is 23.1 Å². The van der Waals surface area contributed by atoms with Crippen molar-refractivity contribution in [1.82, 2.24) is 9.88 Å². The van der Waals surface area contributed by atoms with Crippen molar-refractivity contribution in [3.63, 3.8) is 0 Å². The molecule has 4 rings (SSSR count). The zero-order chi connectivity index (χ0) is 23.2. The van der Waals surface area contributed by atoms with Gasteiger partial charge in [-0.15, -0.1) is 0 Å². The number of benzene rings is 2. The molecule has 1 aliphatic heterocycles. The number of nitriles is 1. The number of hydrogen-bond donors (Lipinski definition) is 1. The third kappa shape index (κ3) is 5.54. The normalized spacial score (nSPS) is 13.9. The number of amides is 2. The van der Waals surface area contributed by atoms with E-state index in [1.807, 2.05) is 42.5 Å². The minimum Gasteiger partial charge on any atom is -0.339 e. The Morgan fingerprint density at radius 2 is 1.73 bits per heavy atom. The first-order valence-corrected chi connectivity index (χ1v) is 11.7. The summed E-state index contributed by atoms with van der Waals surface area (Å²) >= 11 is 7.25. The molecule has 1 fully saturated rings. The predicted octanol–water partition coefficient (Wildman–Crippen LogP) is 5.25. The van der Waals surface area contributed by atoms with Crippen LogP contribution in [0.1, 0.15) is 28.8 Å². The molecule has 0 saturated carbocycles. The standard InChI is InChI=1S/C25H21ClN4O2S/c26-19-9-10-23(28-16-19)29-24(31)17-11-13-30(14-12-17)25(32)20-6-2-4-8-22(20)33-21-7-3-1-5-18(21)15-27/h1-10,16-17H,11-14H2,(H,28,29,31). The second-order valence-electron chi connectivity index (χ2n) is 7.62. The molecule has 0 unspecified atom stereocenters. The van der Waals surface area contributed by atoms with E-state index in [9.17, 15) is 14.9 Å². The number of nitrogens with zero attached hydrogens (tertiary/aromatic N) is 3. The predicted molar refractivity (Wildman–Crippen MR) is 128 cm³/mol. The van der Waals surface area contributed by atoms with Crippen molar-refractivity contribution < 1.29 is 9.59 Å². The highest BCUT2D eigenvalue weighted by Crippen LogP contribution is 2.33. The van der Waals surface area contributed by atoms with Gasteiger partial charge in [-0.05, 0) is 49.2 Å². The fraction of sp³-hybridized carbons (Fsp3) is 0.200. The van der Waals surface area contributed by atoms with E-state index in [2.05, 4.69) is 16.4 Å². The molecule has 0 bridgehead atoms. The maximum atomic E-state index is 13.3. The van der Waals surface area contributed by atoms with Crippen molar-refractivity contribution >= 4 is 41.0 Å². The first-order valence-electron chi connectivity index (χ1n) is 10.5. The van der Waals surface area contributed by atoms with Gasteiger partial charge in [-0.2, -0.15) is 5.26 Å². The molecular weight excluding hydrogens is 456 g/mol. The zero-order valence-corrected chi connectivity index (χ0v) is 19.3. The summed E-state index contributed by atoms with van der Waals surface area (Å²) < 4.78 is 0. The molecule has 0 aliphatic carbocycles. The number of carbonyl (C=O) groups is 2. The molecule has 8 heteroatoms. The van der Waals surface area contributed by atoms with Crippen LogP contribution in [-0.4, -0.2) is 34.8 Å². The SMILES string of the molecule is N#Cc1ccccc1Sc1ccccc1C(=O)N1CCC(C(=O)Nc2ccc(Cl)cn2)CC1. The first kappa shape index (κ1) is 22.8. The topological polar surface area (TPSA) is 86.1 Å². The molecule has 1 aromatic heterocycles. The lowest BCUT2D eigenvalue weighted by atomic mass is 9.95. The molecule has 0 radical (unpaired) electrons. The van der Waals surface area contributed by atoms with Crippen molar-refractivity contribution in [1.29, 1.82) is 5.26 Å². The van der Waals surface area contributed by atoms with Crippen molar-refractivity contribution in [2.45, 2.75) is 22.6 Å². The van der Waals surface area contributed by atoms with Gasteiger partial charge in [0.25, 0.3) is 5.91 Å². The molecule has 2 amide bonds. The number of piperidine rings is 1. The second kappa shape index (κ2) is 10.5. The lowest BCUT2D eigenvalue weighted by Gasteiger charge is -2.31. The zero-order valence-electron chi connectivity index (χ0n) is 17.7. The monoisotopic (exact) mass is 476 g/mol. The van der Waals surface area contributed by atoms with Crippen LogP contribution in [0.2, 0.25) is 5.02 Å². The first-order chi connectivity index (χ1) is 16.0. The molecule has 0 spiro atoms. The minimum absolute atomic E-state index is 0.0641. The molecule has 33 heavy (non-hydrogen) atoms. The average molecular weight is 477 g/mol. The van der Waals surface area contributed by atoms with Gasteiger partial charge >= 0.3 is 0 Å². The van der Waals surface area contributed by atoms with Crippen molar-refractivity contribution in [2.24, 2.45) is 5.92 Å². The number of halogens is 1. The number of rotatable bonds is 5. The Morgan fingerprint density at radius 3 is 2.42 bits per heavy atom. The average Bonchev–Trinajstić information content (AvgIpc) is 2.86. The van der Waals surface area contributed by atoms with Gasteiger partial charge in [0.15, 0.2) is 0 Å². The summed E-state index contributed by atoms with van der Waals surface area (Å²) in [6.07, 6.45) is 2.65. The van der Waals surface area contributed by atoms with Crippen LogP contribution in [0.3, 0.4) is 0 Å². The van der Waals surface area contributed by atoms with Crippen LogP contribution in [0, 0.1) is 17.2 Å². The van der Waals surface area contributed by atoms with Crippen LogP contribution in [0.4, 0.5) is 5.82 Å². The highest BCUT2D eigenvalue weighted by molar-refractivity contribution is 7.99. The lowest BCUT2D eigenvalue weighted by Crippen LogP contribution is -2.41. The van der Waals surface area contributed by atoms with Crippen LogP contribution < -0.4 is 5.32 Å². The van der Waals surface area contributed by atoms with Crippen LogP contribution in [0.15, 0.2) is 76.7 Å². The van der Waals surface area contributed by atoms with Crippen molar-refractivity contribution in [3.8, 4) is 6.07 Å². The largest absolute Gasteiger partial charge is 0.339 e. The number of aromatic nitrogens is 1. The molecule has 2 heterocycles. The number of hydrogen-bond acceptors (Lipinski definition) is 5. The summed E-state index contributed by atoms with van der Waals surface area (Å²) in [6.45, 7) is 0.998. The Morgan fingerprint density at radius 1 is 1.03 bits per heavy atom. The van der Waals surface area contributed by atoms with Crippen LogP contribution in [0.25, 0.3) is 0 Å². The van der Waals surface area contributed by atoms with Gasteiger partial charge < -0.3 is 10.2 Å². The molecule has 2 aromatic carbocycles. The molecule has 3 aromatic rings. The van der Waals surface area contributed by atoms with Crippen LogP contribution in [-0.2, 0) is 4.79 Å². The van der Waals surface area contributed by atoms with Gasteiger partial charge in [0.05, 0.1) is 16.1 Å². The fourth-order valence-corrected chi connectivity index (χ4v) is 4.82. The number of pyridine rings is 1. The summed E-state index contributed by atoms with van der Waals surface area (Å²) in [6, 6.07) is 20.3. The molecule has 1 aliphatic rings. The van der Waals surface area contributed by atoms with Crippen molar-refractivity contribution in [3.05, 3.63) is 83.0 Å². The Bertz CT molecular complexity index is 1200. The number of nitrogens with one attached hydrogen (secondary N) is 1. The Kier molecular flexibility index (Phi) is 7.28. The molecule has 1 N–H and O–H groups in total. The Balaban J connectivity index is 1.40. The minimum atomic E-state index is -0.182. The van der Waals surface area contributed by atoms with Crippen molar-refractivity contribution in [2.75, 3.05) is 18.4 Å². The van der Waals surface area contributed by atoms with Gasteiger partial charge in [-0.1, -0.05) is 47.6 Å². The van der Waals surface area contributed by atoms with Gasteiger partial charge in [-0.25, -0.2) is 4.98 Å². The van der Waals surface area contributed by atoms with Crippen LogP contribution >= 0.6 is 23.4 Å². The summed E-state index contributed by atoms with van der Waals surface area (Å²) in [5.74, 6) is 0.122. The quantitative estimate of drug-likeness (QED) is 0.543. The molecule has 6 nitrogen and oxygen atoms in total. The molecule has 0 atom stereocenters. The van der Waals surface area contributed by atoms with Gasteiger partial charge in [0.1, 0.15) is 11.9 Å². The van der Waals surface area contributed by atoms with E-state index < -0.39 is 0 Å². The Hall–Kier alpha value is -3.34. The van der Waals surface area contributed by atoms with E-state index in [0.29, 0.717) is 47.9 Å². The third-order valence-electron chi connectivity index (χ3n) is 5.48. The van der Waals surface area contributed by atoms with E-state index in [1.165, 1.54) is 18.0 Å².